The van der Waals surface area contributed by atoms with Gasteiger partial charge in [-0.05, 0) is 24.1 Å². The summed E-state index contributed by atoms with van der Waals surface area (Å²) in [6.07, 6.45) is 0.512. The van der Waals surface area contributed by atoms with Crippen molar-refractivity contribution >= 4 is 0 Å². The SMILES string of the molecule is Cc1cc(C(C)(C)CNCCC#N)ccc1F. The zero-order chi connectivity index (χ0) is 12.9. The van der Waals surface area contributed by atoms with Gasteiger partial charge in [-0.2, -0.15) is 5.26 Å². The summed E-state index contributed by atoms with van der Waals surface area (Å²) >= 11 is 0. The minimum atomic E-state index is -0.165. The minimum Gasteiger partial charge on any atom is -0.315 e. The topological polar surface area (TPSA) is 35.8 Å². The molecule has 0 amide bonds. The van der Waals surface area contributed by atoms with Crippen molar-refractivity contribution in [3.8, 4) is 6.07 Å². The summed E-state index contributed by atoms with van der Waals surface area (Å²) in [5.74, 6) is -0.165. The van der Waals surface area contributed by atoms with E-state index in [0.29, 0.717) is 18.5 Å². The molecule has 0 spiro atoms. The maximum absolute atomic E-state index is 13.2. The third kappa shape index (κ3) is 3.83. The summed E-state index contributed by atoms with van der Waals surface area (Å²) in [5.41, 5.74) is 1.72. The van der Waals surface area contributed by atoms with Gasteiger partial charge in [0.05, 0.1) is 6.07 Å². The van der Waals surface area contributed by atoms with Gasteiger partial charge in [0.1, 0.15) is 5.82 Å². The lowest BCUT2D eigenvalue weighted by molar-refractivity contribution is 0.471. The van der Waals surface area contributed by atoms with Gasteiger partial charge in [-0.3, -0.25) is 0 Å². The van der Waals surface area contributed by atoms with E-state index < -0.39 is 0 Å². The highest BCUT2D eigenvalue weighted by Crippen LogP contribution is 2.24. The first-order valence-corrected chi connectivity index (χ1v) is 5.81. The first-order chi connectivity index (χ1) is 7.97. The number of nitrogens with zero attached hydrogens (tertiary/aromatic N) is 1. The van der Waals surface area contributed by atoms with Crippen LogP contribution in [-0.4, -0.2) is 13.1 Å². The van der Waals surface area contributed by atoms with Crippen molar-refractivity contribution in [3.05, 3.63) is 35.1 Å². The Morgan fingerprint density at radius 2 is 2.12 bits per heavy atom. The van der Waals surface area contributed by atoms with Crippen LogP contribution >= 0.6 is 0 Å². The third-order valence-corrected chi connectivity index (χ3v) is 2.92. The molecule has 0 heterocycles. The zero-order valence-corrected chi connectivity index (χ0v) is 10.7. The quantitative estimate of drug-likeness (QED) is 0.795. The fraction of sp³-hybridized carbons (Fsp3) is 0.500. The number of rotatable bonds is 5. The molecule has 0 radical (unpaired) electrons. The molecule has 92 valence electrons. The largest absolute Gasteiger partial charge is 0.315 e. The van der Waals surface area contributed by atoms with Crippen LogP contribution in [0.5, 0.6) is 0 Å². The Morgan fingerprint density at radius 1 is 1.41 bits per heavy atom. The van der Waals surface area contributed by atoms with Crippen LogP contribution in [0.2, 0.25) is 0 Å². The minimum absolute atomic E-state index is 0.0616. The lowest BCUT2D eigenvalue weighted by Crippen LogP contribution is -2.33. The van der Waals surface area contributed by atoms with E-state index in [0.717, 1.165) is 12.1 Å². The van der Waals surface area contributed by atoms with Gasteiger partial charge in [0.2, 0.25) is 0 Å². The first kappa shape index (κ1) is 13.7. The number of nitriles is 1. The van der Waals surface area contributed by atoms with Gasteiger partial charge in [-0.1, -0.05) is 26.0 Å². The molecule has 0 atom stereocenters. The van der Waals surface area contributed by atoms with Gasteiger partial charge in [-0.15, -0.1) is 0 Å². The highest BCUT2D eigenvalue weighted by atomic mass is 19.1. The fourth-order valence-corrected chi connectivity index (χ4v) is 1.71. The summed E-state index contributed by atoms with van der Waals surface area (Å²) in [5, 5.41) is 11.7. The smallest absolute Gasteiger partial charge is 0.126 e. The molecular weight excluding hydrogens is 215 g/mol. The Morgan fingerprint density at radius 3 is 2.71 bits per heavy atom. The maximum atomic E-state index is 13.2. The van der Waals surface area contributed by atoms with Crippen LogP contribution in [0.1, 0.15) is 31.4 Å². The summed E-state index contributed by atoms with van der Waals surface area (Å²) < 4.78 is 13.2. The predicted molar refractivity (Wildman–Crippen MR) is 67.3 cm³/mol. The Bertz CT molecular complexity index is 419. The molecular formula is C14H19FN2. The van der Waals surface area contributed by atoms with Crippen LogP contribution in [0.3, 0.4) is 0 Å². The Labute approximate surface area is 102 Å². The second-order valence-corrected chi connectivity index (χ2v) is 4.93. The van der Waals surface area contributed by atoms with Gasteiger partial charge in [0.15, 0.2) is 0 Å². The third-order valence-electron chi connectivity index (χ3n) is 2.92. The van der Waals surface area contributed by atoms with Gasteiger partial charge < -0.3 is 5.32 Å². The van der Waals surface area contributed by atoms with Crippen molar-refractivity contribution < 1.29 is 4.39 Å². The van der Waals surface area contributed by atoms with Crippen LogP contribution in [0.15, 0.2) is 18.2 Å². The molecule has 1 aromatic carbocycles. The summed E-state index contributed by atoms with van der Waals surface area (Å²) in [6, 6.07) is 7.33. The van der Waals surface area contributed by atoms with E-state index >= 15 is 0 Å². The molecule has 0 saturated heterocycles. The molecule has 3 heteroatoms. The van der Waals surface area contributed by atoms with Crippen LogP contribution in [-0.2, 0) is 5.41 Å². The van der Waals surface area contributed by atoms with Crippen molar-refractivity contribution in [2.24, 2.45) is 0 Å². The van der Waals surface area contributed by atoms with Crippen molar-refractivity contribution in [3.63, 3.8) is 0 Å². The number of nitrogens with one attached hydrogen (secondary N) is 1. The van der Waals surface area contributed by atoms with Crippen LogP contribution in [0.4, 0.5) is 4.39 Å². The monoisotopic (exact) mass is 234 g/mol. The molecule has 0 aromatic heterocycles. The molecule has 0 unspecified atom stereocenters. The highest BCUT2D eigenvalue weighted by Gasteiger charge is 2.20. The van der Waals surface area contributed by atoms with Crippen LogP contribution in [0.25, 0.3) is 0 Å². The molecule has 1 aromatic rings. The van der Waals surface area contributed by atoms with Crippen molar-refractivity contribution in [2.75, 3.05) is 13.1 Å². The molecule has 1 N–H and O–H groups in total. The lowest BCUT2D eigenvalue weighted by atomic mass is 9.84. The zero-order valence-electron chi connectivity index (χ0n) is 10.7. The fourth-order valence-electron chi connectivity index (χ4n) is 1.71. The van der Waals surface area contributed by atoms with E-state index in [4.69, 9.17) is 5.26 Å². The normalized spacial score (nSPS) is 11.2. The molecule has 0 aliphatic carbocycles. The molecule has 2 nitrogen and oxygen atoms in total. The van der Waals surface area contributed by atoms with E-state index in [1.54, 1.807) is 6.92 Å². The highest BCUT2D eigenvalue weighted by molar-refractivity contribution is 5.29. The first-order valence-electron chi connectivity index (χ1n) is 5.81. The summed E-state index contributed by atoms with van der Waals surface area (Å²) in [4.78, 5) is 0. The lowest BCUT2D eigenvalue weighted by Gasteiger charge is -2.26. The summed E-state index contributed by atoms with van der Waals surface area (Å²) in [6.45, 7) is 7.47. The molecule has 0 saturated carbocycles. The second kappa shape index (κ2) is 5.79. The van der Waals surface area contributed by atoms with Gasteiger partial charge >= 0.3 is 0 Å². The van der Waals surface area contributed by atoms with E-state index in [1.165, 1.54) is 6.07 Å². The molecule has 0 bridgehead atoms. The van der Waals surface area contributed by atoms with E-state index in [2.05, 4.69) is 25.2 Å². The number of aryl methyl sites for hydroxylation is 1. The second-order valence-electron chi connectivity index (χ2n) is 4.93. The van der Waals surface area contributed by atoms with Crippen LogP contribution in [0, 0.1) is 24.1 Å². The molecule has 0 aliphatic heterocycles. The molecule has 17 heavy (non-hydrogen) atoms. The Balaban J connectivity index is 2.68. The van der Waals surface area contributed by atoms with Crippen molar-refractivity contribution in [1.82, 2.24) is 5.32 Å². The Kier molecular flexibility index (Phi) is 4.65. The predicted octanol–water partition coefficient (Wildman–Crippen LogP) is 2.92. The maximum Gasteiger partial charge on any atom is 0.126 e. The van der Waals surface area contributed by atoms with E-state index in [9.17, 15) is 4.39 Å². The number of benzene rings is 1. The van der Waals surface area contributed by atoms with Crippen molar-refractivity contribution in [2.45, 2.75) is 32.6 Å². The average Bonchev–Trinajstić information content (AvgIpc) is 2.28. The van der Waals surface area contributed by atoms with Gasteiger partial charge in [-0.25, -0.2) is 4.39 Å². The molecule has 1 rings (SSSR count). The number of hydrogen-bond acceptors (Lipinski definition) is 2. The molecule has 0 aliphatic rings. The van der Waals surface area contributed by atoms with E-state index in [-0.39, 0.29) is 11.2 Å². The summed E-state index contributed by atoms with van der Waals surface area (Å²) in [7, 11) is 0. The molecule has 0 fully saturated rings. The van der Waals surface area contributed by atoms with Crippen molar-refractivity contribution in [1.29, 1.82) is 5.26 Å². The standard InChI is InChI=1S/C14H19FN2/c1-11-9-12(5-6-13(11)15)14(2,3)10-17-8-4-7-16/h5-6,9,17H,4,8,10H2,1-3H3. The Hall–Kier alpha value is -1.40. The average molecular weight is 234 g/mol. The van der Waals surface area contributed by atoms with Gasteiger partial charge in [0.25, 0.3) is 0 Å². The van der Waals surface area contributed by atoms with E-state index in [1.807, 2.05) is 12.1 Å². The number of halogens is 1. The van der Waals surface area contributed by atoms with Gasteiger partial charge in [0, 0.05) is 24.9 Å². The number of hydrogen-bond donors (Lipinski definition) is 1. The van der Waals surface area contributed by atoms with Crippen LogP contribution < -0.4 is 5.32 Å².